The second-order valence-corrected chi connectivity index (χ2v) is 6.79. The molecule has 0 bridgehead atoms. The fourth-order valence-electron chi connectivity index (χ4n) is 3.40. The van der Waals surface area contributed by atoms with Crippen molar-refractivity contribution < 1.29 is 14.7 Å². The summed E-state index contributed by atoms with van der Waals surface area (Å²) < 4.78 is 0. The van der Waals surface area contributed by atoms with Crippen LogP contribution >= 0.6 is 0 Å². The Balaban J connectivity index is 1.53. The van der Waals surface area contributed by atoms with Gasteiger partial charge in [0.2, 0.25) is 5.91 Å². The fraction of sp³-hybridized carbons (Fsp3) is 0.556. The summed E-state index contributed by atoms with van der Waals surface area (Å²) in [4.78, 5) is 27.0. The zero-order valence-corrected chi connectivity index (χ0v) is 13.9. The first kappa shape index (κ1) is 16.9. The molecule has 3 rings (SSSR count). The highest BCUT2D eigenvalue weighted by Crippen LogP contribution is 2.33. The third kappa shape index (κ3) is 3.94. The topological polar surface area (TPSA) is 81.7 Å². The van der Waals surface area contributed by atoms with Gasteiger partial charge in [-0.2, -0.15) is 0 Å². The molecule has 0 spiro atoms. The van der Waals surface area contributed by atoms with E-state index in [9.17, 15) is 14.7 Å². The maximum absolute atomic E-state index is 12.4. The Hall–Kier alpha value is -1.92. The fourth-order valence-corrected chi connectivity index (χ4v) is 3.40. The first-order chi connectivity index (χ1) is 11.6. The number of aliphatic hydroxyl groups excluding tert-OH is 1. The summed E-state index contributed by atoms with van der Waals surface area (Å²) in [6, 6.07) is 8.98. The Morgan fingerprint density at radius 3 is 2.62 bits per heavy atom. The van der Waals surface area contributed by atoms with Gasteiger partial charge < -0.3 is 15.7 Å². The van der Waals surface area contributed by atoms with Crippen LogP contribution < -0.4 is 10.6 Å². The number of likely N-dealkylation sites (tertiary alicyclic amines) is 1. The molecular formula is C18H25N3O3. The van der Waals surface area contributed by atoms with E-state index in [2.05, 4.69) is 22.5 Å². The third-order valence-electron chi connectivity index (χ3n) is 4.83. The molecule has 1 saturated heterocycles. The minimum Gasteiger partial charge on any atom is -0.394 e. The zero-order chi connectivity index (χ0) is 17.1. The first-order valence-electron chi connectivity index (χ1n) is 8.61. The number of amides is 2. The van der Waals surface area contributed by atoms with Gasteiger partial charge in [-0.15, -0.1) is 0 Å². The number of carbonyl (C=O) groups excluding carboxylic acids is 2. The summed E-state index contributed by atoms with van der Waals surface area (Å²) in [5.41, 5.74) is 0.471. The number of carbonyl (C=O) groups is 2. The number of hydrogen-bond donors (Lipinski definition) is 3. The van der Waals surface area contributed by atoms with Gasteiger partial charge in [-0.25, -0.2) is 0 Å². The highest BCUT2D eigenvalue weighted by atomic mass is 16.3. The van der Waals surface area contributed by atoms with Crippen LogP contribution in [0.4, 0.5) is 0 Å². The van der Waals surface area contributed by atoms with Crippen molar-refractivity contribution in [2.75, 3.05) is 13.2 Å². The van der Waals surface area contributed by atoms with Crippen LogP contribution in [0.2, 0.25) is 0 Å². The van der Waals surface area contributed by atoms with E-state index < -0.39 is 12.6 Å². The Labute approximate surface area is 142 Å². The van der Waals surface area contributed by atoms with Gasteiger partial charge in [0.05, 0.1) is 6.61 Å². The molecule has 1 aromatic carbocycles. The van der Waals surface area contributed by atoms with Crippen molar-refractivity contribution in [2.45, 2.75) is 50.4 Å². The largest absolute Gasteiger partial charge is 0.394 e. The predicted molar refractivity (Wildman–Crippen MR) is 90.5 cm³/mol. The Bertz CT molecular complexity index is 588. The van der Waals surface area contributed by atoms with Gasteiger partial charge in [0.1, 0.15) is 6.04 Å². The molecule has 1 aromatic rings. The molecule has 0 aromatic heterocycles. The zero-order valence-electron chi connectivity index (χ0n) is 13.9. The number of rotatable bonds is 6. The van der Waals surface area contributed by atoms with Crippen LogP contribution in [0.5, 0.6) is 0 Å². The number of nitrogens with zero attached hydrogens (tertiary/aromatic N) is 1. The van der Waals surface area contributed by atoms with Crippen molar-refractivity contribution in [2.24, 2.45) is 0 Å². The van der Waals surface area contributed by atoms with Gasteiger partial charge >= 0.3 is 0 Å². The summed E-state index contributed by atoms with van der Waals surface area (Å²) in [5, 5.41) is 15.1. The average molecular weight is 331 g/mol. The quantitative estimate of drug-likeness (QED) is 0.710. The monoisotopic (exact) mass is 331 g/mol. The first-order valence-corrected chi connectivity index (χ1v) is 8.61. The lowest BCUT2D eigenvalue weighted by atomic mass is 10.1. The van der Waals surface area contributed by atoms with E-state index in [0.29, 0.717) is 17.6 Å². The molecule has 6 nitrogen and oxygen atoms in total. The number of aliphatic hydroxyl groups is 1. The molecule has 1 heterocycles. The van der Waals surface area contributed by atoms with Crippen molar-refractivity contribution in [3.8, 4) is 0 Å². The Kier molecular flexibility index (Phi) is 5.16. The minimum absolute atomic E-state index is 0.0794. The van der Waals surface area contributed by atoms with Crippen LogP contribution in [0.3, 0.4) is 0 Å². The van der Waals surface area contributed by atoms with Crippen LogP contribution in [-0.4, -0.2) is 59.1 Å². The molecule has 2 fully saturated rings. The Morgan fingerprint density at radius 2 is 2.00 bits per heavy atom. The lowest BCUT2D eigenvalue weighted by Gasteiger charge is -2.21. The molecule has 3 atom stereocenters. The SMILES string of the molecule is CC1CC(NC(=O)C(CO)NC(=O)c2ccccc2)CN1C1CC1. The van der Waals surface area contributed by atoms with Crippen molar-refractivity contribution in [3.05, 3.63) is 35.9 Å². The van der Waals surface area contributed by atoms with Gasteiger partial charge in [0.25, 0.3) is 5.91 Å². The summed E-state index contributed by atoms with van der Waals surface area (Å²) in [5.74, 6) is -0.680. The van der Waals surface area contributed by atoms with Crippen LogP contribution in [-0.2, 0) is 4.79 Å². The Morgan fingerprint density at radius 1 is 1.29 bits per heavy atom. The van der Waals surface area contributed by atoms with E-state index in [1.165, 1.54) is 12.8 Å². The number of hydrogen-bond acceptors (Lipinski definition) is 4. The van der Waals surface area contributed by atoms with E-state index in [1.54, 1.807) is 24.3 Å². The molecule has 1 aliphatic heterocycles. The molecule has 1 aliphatic carbocycles. The molecule has 1 saturated carbocycles. The van der Waals surface area contributed by atoms with Crippen molar-refractivity contribution in [1.82, 2.24) is 15.5 Å². The smallest absolute Gasteiger partial charge is 0.251 e. The van der Waals surface area contributed by atoms with Gasteiger partial charge in [0.15, 0.2) is 0 Å². The standard InChI is InChI=1S/C18H25N3O3/c1-12-9-14(10-21(12)15-7-8-15)19-18(24)16(11-22)20-17(23)13-5-3-2-4-6-13/h2-6,12,14-16,22H,7-11H2,1H3,(H,19,24)(H,20,23). The van der Waals surface area contributed by atoms with Crippen molar-refractivity contribution in [3.63, 3.8) is 0 Å². The molecule has 6 heteroatoms. The molecule has 3 unspecified atom stereocenters. The van der Waals surface area contributed by atoms with Crippen molar-refractivity contribution >= 4 is 11.8 Å². The molecular weight excluding hydrogens is 306 g/mol. The maximum Gasteiger partial charge on any atom is 0.251 e. The summed E-state index contributed by atoms with van der Waals surface area (Å²) in [7, 11) is 0. The normalized spacial score (nSPS) is 25.2. The highest BCUT2D eigenvalue weighted by molar-refractivity contribution is 5.97. The second-order valence-electron chi connectivity index (χ2n) is 6.79. The van der Waals surface area contributed by atoms with Gasteiger partial charge in [0, 0.05) is 30.2 Å². The highest BCUT2D eigenvalue weighted by Gasteiger charge is 2.39. The summed E-state index contributed by atoms with van der Waals surface area (Å²) in [6.45, 7) is 2.62. The van der Waals surface area contributed by atoms with Crippen LogP contribution in [0.1, 0.15) is 36.5 Å². The van der Waals surface area contributed by atoms with E-state index in [4.69, 9.17) is 0 Å². The van der Waals surface area contributed by atoms with E-state index >= 15 is 0 Å². The summed E-state index contributed by atoms with van der Waals surface area (Å²) in [6.07, 6.45) is 3.40. The van der Waals surface area contributed by atoms with Crippen LogP contribution in [0, 0.1) is 0 Å². The van der Waals surface area contributed by atoms with E-state index in [1.807, 2.05) is 6.07 Å². The molecule has 3 N–H and O–H groups in total. The molecule has 0 radical (unpaired) electrons. The number of benzene rings is 1. The molecule has 2 amide bonds. The van der Waals surface area contributed by atoms with E-state index in [0.717, 1.165) is 13.0 Å². The van der Waals surface area contributed by atoms with Crippen molar-refractivity contribution in [1.29, 1.82) is 0 Å². The molecule has 24 heavy (non-hydrogen) atoms. The lowest BCUT2D eigenvalue weighted by molar-refractivity contribution is -0.124. The van der Waals surface area contributed by atoms with Crippen LogP contribution in [0.15, 0.2) is 30.3 Å². The minimum atomic E-state index is -0.928. The van der Waals surface area contributed by atoms with Gasteiger partial charge in [-0.05, 0) is 38.3 Å². The lowest BCUT2D eigenvalue weighted by Crippen LogP contribution is -2.52. The second kappa shape index (κ2) is 7.32. The van der Waals surface area contributed by atoms with Gasteiger partial charge in [-0.1, -0.05) is 18.2 Å². The molecule has 2 aliphatic rings. The van der Waals surface area contributed by atoms with Gasteiger partial charge in [-0.3, -0.25) is 14.5 Å². The third-order valence-corrected chi connectivity index (χ3v) is 4.83. The van der Waals surface area contributed by atoms with Crippen LogP contribution in [0.25, 0.3) is 0 Å². The number of nitrogens with one attached hydrogen (secondary N) is 2. The maximum atomic E-state index is 12.4. The van der Waals surface area contributed by atoms with E-state index in [-0.39, 0.29) is 17.9 Å². The predicted octanol–water partition coefficient (Wildman–Crippen LogP) is 0.519. The summed E-state index contributed by atoms with van der Waals surface area (Å²) >= 11 is 0. The molecule has 130 valence electrons. The average Bonchev–Trinajstić information content (AvgIpc) is 3.36.